The highest BCUT2D eigenvalue weighted by molar-refractivity contribution is 7.89. The summed E-state index contributed by atoms with van der Waals surface area (Å²) >= 11 is 0. The molecule has 2 N–H and O–H groups in total. The fraction of sp³-hybridized carbons (Fsp3) is 0.571. The monoisotopic (exact) mass is 300 g/mol. The maximum absolute atomic E-state index is 12.6. The third-order valence-corrected chi connectivity index (χ3v) is 4.91. The highest BCUT2D eigenvalue weighted by atomic mass is 32.2. The van der Waals surface area contributed by atoms with Gasteiger partial charge in [0.2, 0.25) is 10.0 Å². The fourth-order valence-electron chi connectivity index (χ4n) is 1.87. The Bertz CT molecular complexity index is 529. The molecule has 6 heteroatoms. The van der Waals surface area contributed by atoms with E-state index in [1.165, 1.54) is 10.4 Å². The van der Waals surface area contributed by atoms with Crippen LogP contribution in [0.25, 0.3) is 0 Å². The molecule has 0 heterocycles. The van der Waals surface area contributed by atoms with Crippen molar-refractivity contribution >= 4 is 15.7 Å². The first-order chi connectivity index (χ1) is 9.43. The number of anilines is 1. The molecule has 20 heavy (non-hydrogen) atoms. The molecule has 0 spiro atoms. The van der Waals surface area contributed by atoms with Crippen molar-refractivity contribution in [3.63, 3.8) is 0 Å². The largest absolute Gasteiger partial charge is 0.492 e. The summed E-state index contributed by atoms with van der Waals surface area (Å²) in [5.41, 5.74) is 6.11. The van der Waals surface area contributed by atoms with Crippen molar-refractivity contribution < 1.29 is 13.2 Å². The van der Waals surface area contributed by atoms with E-state index < -0.39 is 10.0 Å². The lowest BCUT2D eigenvalue weighted by Gasteiger charge is -2.19. The third-order valence-electron chi connectivity index (χ3n) is 3.03. The van der Waals surface area contributed by atoms with Crippen LogP contribution in [0.1, 0.15) is 33.1 Å². The lowest BCUT2D eigenvalue weighted by molar-refractivity contribution is 0.329. The number of unbranched alkanes of at least 4 members (excludes halogenated alkanes) is 2. The first kappa shape index (κ1) is 16.8. The van der Waals surface area contributed by atoms with Gasteiger partial charge < -0.3 is 10.5 Å². The van der Waals surface area contributed by atoms with Crippen molar-refractivity contribution in [3.8, 4) is 5.75 Å². The van der Waals surface area contributed by atoms with Crippen molar-refractivity contribution in [2.24, 2.45) is 0 Å². The second-order valence-electron chi connectivity index (χ2n) is 4.67. The van der Waals surface area contributed by atoms with E-state index >= 15 is 0 Å². The lowest BCUT2D eigenvalue weighted by Crippen LogP contribution is -2.28. The van der Waals surface area contributed by atoms with E-state index in [2.05, 4.69) is 6.92 Å². The molecule has 0 amide bonds. The Labute approximate surface area is 121 Å². The summed E-state index contributed by atoms with van der Waals surface area (Å²) in [5.74, 6) is 0.351. The number of nitrogen functional groups attached to an aromatic ring is 1. The predicted octanol–water partition coefficient (Wildman–Crippen LogP) is 2.48. The molecule has 0 aliphatic heterocycles. The minimum atomic E-state index is -3.57. The Morgan fingerprint density at radius 2 is 1.95 bits per heavy atom. The number of rotatable bonds is 8. The van der Waals surface area contributed by atoms with Gasteiger partial charge in [0, 0.05) is 19.3 Å². The quantitative estimate of drug-likeness (QED) is 0.591. The van der Waals surface area contributed by atoms with Crippen LogP contribution in [0, 0.1) is 0 Å². The van der Waals surface area contributed by atoms with Gasteiger partial charge in [0.15, 0.2) is 0 Å². The maximum Gasteiger partial charge on any atom is 0.246 e. The van der Waals surface area contributed by atoms with Gasteiger partial charge in [-0.15, -0.1) is 0 Å². The Balaban J connectivity index is 3.04. The Kier molecular flexibility index (Phi) is 6.29. The first-order valence-electron chi connectivity index (χ1n) is 6.92. The van der Waals surface area contributed by atoms with Crippen LogP contribution in [-0.2, 0) is 10.0 Å². The molecule has 0 aromatic heterocycles. The van der Waals surface area contributed by atoms with Crippen LogP contribution in [-0.4, -0.2) is 32.9 Å². The molecule has 0 radical (unpaired) electrons. The van der Waals surface area contributed by atoms with Gasteiger partial charge in [-0.25, -0.2) is 12.7 Å². The zero-order chi connectivity index (χ0) is 15.2. The summed E-state index contributed by atoms with van der Waals surface area (Å²) in [5, 5.41) is 0. The molecule has 0 bridgehead atoms. The first-order valence-corrected chi connectivity index (χ1v) is 8.36. The third kappa shape index (κ3) is 4.11. The zero-order valence-electron chi connectivity index (χ0n) is 12.4. The summed E-state index contributed by atoms with van der Waals surface area (Å²) in [7, 11) is -1.98. The number of hydrogen-bond donors (Lipinski definition) is 1. The van der Waals surface area contributed by atoms with Gasteiger partial charge in [0.05, 0.1) is 6.61 Å². The SMILES string of the molecule is CCCCCN(C)S(=O)(=O)c1cc(N)ccc1OCC. The summed E-state index contributed by atoms with van der Waals surface area (Å²) in [6, 6.07) is 4.70. The molecule has 0 atom stereocenters. The average Bonchev–Trinajstić information content (AvgIpc) is 2.41. The highest BCUT2D eigenvalue weighted by Gasteiger charge is 2.24. The van der Waals surface area contributed by atoms with Crippen LogP contribution in [0.5, 0.6) is 5.75 Å². The van der Waals surface area contributed by atoms with Crippen molar-refractivity contribution in [1.29, 1.82) is 0 Å². The second kappa shape index (κ2) is 7.50. The summed E-state index contributed by atoms with van der Waals surface area (Å²) in [6.45, 7) is 4.81. The van der Waals surface area contributed by atoms with E-state index in [0.29, 0.717) is 24.6 Å². The number of benzene rings is 1. The van der Waals surface area contributed by atoms with Gasteiger partial charge in [0.25, 0.3) is 0 Å². The van der Waals surface area contributed by atoms with Crippen LogP contribution in [0.2, 0.25) is 0 Å². The fourth-order valence-corrected chi connectivity index (χ4v) is 3.24. The molecule has 0 saturated carbocycles. The van der Waals surface area contributed by atoms with E-state index in [-0.39, 0.29) is 4.90 Å². The van der Waals surface area contributed by atoms with Crippen LogP contribution >= 0.6 is 0 Å². The second-order valence-corrected chi connectivity index (χ2v) is 6.69. The van der Waals surface area contributed by atoms with Crippen molar-refractivity contribution in [2.75, 3.05) is 25.9 Å². The van der Waals surface area contributed by atoms with E-state index in [1.807, 2.05) is 6.92 Å². The van der Waals surface area contributed by atoms with E-state index in [1.54, 1.807) is 19.2 Å². The van der Waals surface area contributed by atoms with Crippen molar-refractivity contribution in [1.82, 2.24) is 4.31 Å². The molecule has 1 aromatic carbocycles. The molecule has 0 unspecified atom stereocenters. The molecular formula is C14H24N2O3S. The van der Waals surface area contributed by atoms with E-state index in [0.717, 1.165) is 19.3 Å². The normalized spacial score (nSPS) is 11.8. The van der Waals surface area contributed by atoms with E-state index in [9.17, 15) is 8.42 Å². The molecule has 1 rings (SSSR count). The van der Waals surface area contributed by atoms with Crippen molar-refractivity contribution in [2.45, 2.75) is 38.0 Å². The van der Waals surface area contributed by atoms with Gasteiger partial charge in [-0.1, -0.05) is 19.8 Å². The molecule has 0 aliphatic carbocycles. The minimum absolute atomic E-state index is 0.137. The van der Waals surface area contributed by atoms with Gasteiger partial charge in [-0.3, -0.25) is 0 Å². The Morgan fingerprint density at radius 3 is 2.55 bits per heavy atom. The smallest absolute Gasteiger partial charge is 0.246 e. The number of sulfonamides is 1. The van der Waals surface area contributed by atoms with Crippen LogP contribution in [0.3, 0.4) is 0 Å². The topological polar surface area (TPSA) is 72.6 Å². The van der Waals surface area contributed by atoms with Crippen molar-refractivity contribution in [3.05, 3.63) is 18.2 Å². The van der Waals surface area contributed by atoms with Gasteiger partial charge >= 0.3 is 0 Å². The molecule has 0 saturated heterocycles. The molecule has 1 aromatic rings. The van der Waals surface area contributed by atoms with Gasteiger partial charge in [0.1, 0.15) is 10.6 Å². The minimum Gasteiger partial charge on any atom is -0.492 e. The summed E-state index contributed by atoms with van der Waals surface area (Å²) in [6.07, 6.45) is 2.91. The van der Waals surface area contributed by atoms with Gasteiger partial charge in [-0.05, 0) is 31.5 Å². The summed E-state index contributed by atoms with van der Waals surface area (Å²) < 4.78 is 31.9. The Hall–Kier alpha value is -1.27. The van der Waals surface area contributed by atoms with Gasteiger partial charge in [-0.2, -0.15) is 0 Å². The number of ether oxygens (including phenoxy) is 1. The molecule has 0 fully saturated rings. The number of hydrogen-bond acceptors (Lipinski definition) is 4. The molecule has 114 valence electrons. The number of nitrogens with two attached hydrogens (primary N) is 1. The average molecular weight is 300 g/mol. The zero-order valence-corrected chi connectivity index (χ0v) is 13.2. The molecular weight excluding hydrogens is 276 g/mol. The number of nitrogens with zero attached hydrogens (tertiary/aromatic N) is 1. The highest BCUT2D eigenvalue weighted by Crippen LogP contribution is 2.28. The maximum atomic E-state index is 12.6. The molecule has 0 aliphatic rings. The lowest BCUT2D eigenvalue weighted by atomic mass is 10.2. The summed E-state index contributed by atoms with van der Waals surface area (Å²) in [4.78, 5) is 0.137. The Morgan fingerprint density at radius 1 is 1.25 bits per heavy atom. The molecule has 5 nitrogen and oxygen atoms in total. The standard InChI is InChI=1S/C14H24N2O3S/c1-4-6-7-10-16(3)20(17,18)14-11-12(15)8-9-13(14)19-5-2/h8-9,11H,4-7,10,15H2,1-3H3. The van der Waals surface area contributed by atoms with Crippen LogP contribution < -0.4 is 10.5 Å². The van der Waals surface area contributed by atoms with Crippen LogP contribution in [0.4, 0.5) is 5.69 Å². The predicted molar refractivity (Wildman–Crippen MR) is 81.4 cm³/mol. The van der Waals surface area contributed by atoms with E-state index in [4.69, 9.17) is 10.5 Å². The van der Waals surface area contributed by atoms with Crippen LogP contribution in [0.15, 0.2) is 23.1 Å².